The van der Waals surface area contributed by atoms with E-state index in [0.717, 1.165) is 56.0 Å². The molecular formula is C46H33N5. The van der Waals surface area contributed by atoms with Gasteiger partial charge in [0.1, 0.15) is 0 Å². The zero-order valence-corrected chi connectivity index (χ0v) is 28.3. The number of para-hydroxylation sites is 2. The molecule has 0 amide bonds. The average molecular weight is 656 g/mol. The van der Waals surface area contributed by atoms with Crippen LogP contribution >= 0.6 is 0 Å². The minimum atomic E-state index is 0.620. The molecule has 51 heavy (non-hydrogen) atoms. The van der Waals surface area contributed by atoms with Crippen LogP contribution in [0.2, 0.25) is 0 Å². The lowest BCUT2D eigenvalue weighted by Gasteiger charge is -2.15. The molecule has 0 aliphatic carbocycles. The maximum absolute atomic E-state index is 5.10. The lowest BCUT2D eigenvalue weighted by molar-refractivity contribution is 1.07. The molecule has 0 fully saturated rings. The minimum Gasteiger partial charge on any atom is -0.309 e. The van der Waals surface area contributed by atoms with E-state index in [0.29, 0.717) is 17.5 Å². The van der Waals surface area contributed by atoms with Crippen molar-refractivity contribution >= 4 is 21.8 Å². The van der Waals surface area contributed by atoms with Crippen LogP contribution in [-0.4, -0.2) is 24.5 Å². The lowest BCUT2D eigenvalue weighted by atomic mass is 9.93. The topological polar surface area (TPSA) is 56.5 Å². The molecular weight excluding hydrogens is 623 g/mol. The third kappa shape index (κ3) is 5.55. The molecule has 3 heterocycles. The Kier molecular flexibility index (Phi) is 7.51. The molecule has 0 spiro atoms. The number of nitrogens with zero attached hydrogens (tertiary/aromatic N) is 5. The minimum absolute atomic E-state index is 0.620. The number of benzene rings is 6. The standard InChI is InChI=1S/C46H33N5/c1-30-21-27-37(31(2)47-30)35-24-28-40(46-49-44(33-13-5-3-6-14-33)48-45(50-46)34-15-7-4-8-16-34)41(29-35)32-22-25-36(26-23-32)51-42-19-11-9-17-38(42)39-18-10-12-20-43(39)51/h3-29H,1-2H3. The molecule has 0 atom stereocenters. The third-order valence-electron chi connectivity index (χ3n) is 9.51. The maximum atomic E-state index is 5.10. The van der Waals surface area contributed by atoms with Crippen molar-refractivity contribution in [2.75, 3.05) is 0 Å². The molecule has 3 aromatic heterocycles. The third-order valence-corrected chi connectivity index (χ3v) is 9.51. The van der Waals surface area contributed by atoms with Gasteiger partial charge in [0.2, 0.25) is 0 Å². The Morgan fingerprint density at radius 2 is 0.882 bits per heavy atom. The SMILES string of the molecule is Cc1ccc(-c2ccc(-c3nc(-c4ccccc4)nc(-c4ccccc4)n3)c(-c3ccc(-n4c5ccccc5c5ccccc54)cc3)c2)c(C)n1. The first kappa shape index (κ1) is 30.3. The maximum Gasteiger partial charge on any atom is 0.164 e. The van der Waals surface area contributed by atoms with Gasteiger partial charge in [0.15, 0.2) is 17.5 Å². The predicted octanol–water partition coefficient (Wildman–Crippen LogP) is 11.3. The summed E-state index contributed by atoms with van der Waals surface area (Å²) in [7, 11) is 0. The van der Waals surface area contributed by atoms with Crippen molar-refractivity contribution < 1.29 is 0 Å². The summed E-state index contributed by atoms with van der Waals surface area (Å²) in [5, 5.41) is 2.49. The van der Waals surface area contributed by atoms with Crippen molar-refractivity contribution in [3.05, 3.63) is 175 Å². The first-order chi connectivity index (χ1) is 25.1. The van der Waals surface area contributed by atoms with E-state index in [1.807, 2.05) is 67.6 Å². The van der Waals surface area contributed by atoms with E-state index in [4.69, 9.17) is 19.9 Å². The van der Waals surface area contributed by atoms with Crippen molar-refractivity contribution in [2.24, 2.45) is 0 Å². The van der Waals surface area contributed by atoms with Crippen molar-refractivity contribution in [3.8, 4) is 62.1 Å². The second-order valence-electron chi connectivity index (χ2n) is 12.8. The Morgan fingerprint density at radius 3 is 1.47 bits per heavy atom. The number of fused-ring (bicyclic) bond motifs is 3. The number of pyridine rings is 1. The van der Waals surface area contributed by atoms with Crippen LogP contribution in [0.4, 0.5) is 0 Å². The Labute approximate surface area is 296 Å². The molecule has 0 radical (unpaired) electrons. The number of aryl methyl sites for hydroxylation is 2. The molecule has 0 saturated carbocycles. The quantitative estimate of drug-likeness (QED) is 0.179. The summed E-state index contributed by atoms with van der Waals surface area (Å²) in [4.78, 5) is 19.9. The Hall–Kier alpha value is -6.72. The van der Waals surface area contributed by atoms with Gasteiger partial charge in [0, 0.05) is 50.1 Å². The molecule has 0 bridgehead atoms. The van der Waals surface area contributed by atoms with Crippen molar-refractivity contribution in [3.63, 3.8) is 0 Å². The zero-order chi connectivity index (χ0) is 34.3. The number of aromatic nitrogens is 5. The molecule has 9 rings (SSSR count). The van der Waals surface area contributed by atoms with Gasteiger partial charge in [-0.15, -0.1) is 0 Å². The molecule has 5 nitrogen and oxygen atoms in total. The number of rotatable bonds is 6. The first-order valence-electron chi connectivity index (χ1n) is 17.2. The van der Waals surface area contributed by atoms with Crippen molar-refractivity contribution in [2.45, 2.75) is 13.8 Å². The van der Waals surface area contributed by atoms with Gasteiger partial charge in [-0.3, -0.25) is 4.98 Å². The summed E-state index contributed by atoms with van der Waals surface area (Å²) in [6.07, 6.45) is 0. The van der Waals surface area contributed by atoms with Gasteiger partial charge in [-0.1, -0.05) is 121 Å². The van der Waals surface area contributed by atoms with Crippen LogP contribution in [0.25, 0.3) is 83.9 Å². The van der Waals surface area contributed by atoms with Crippen molar-refractivity contribution in [1.82, 2.24) is 24.5 Å². The van der Waals surface area contributed by atoms with Crippen LogP contribution in [0, 0.1) is 13.8 Å². The molecule has 0 aliphatic rings. The summed E-state index contributed by atoms with van der Waals surface area (Å²) in [5.41, 5.74) is 12.6. The van der Waals surface area contributed by atoms with E-state index in [9.17, 15) is 0 Å². The smallest absolute Gasteiger partial charge is 0.164 e. The Morgan fingerprint density at radius 1 is 0.373 bits per heavy atom. The molecule has 0 saturated heterocycles. The van der Waals surface area contributed by atoms with Crippen LogP contribution in [0.1, 0.15) is 11.4 Å². The van der Waals surface area contributed by atoms with Crippen LogP contribution in [0.3, 0.4) is 0 Å². The molecule has 242 valence electrons. The molecule has 0 aliphatic heterocycles. The fourth-order valence-electron chi connectivity index (χ4n) is 7.06. The van der Waals surface area contributed by atoms with Crippen LogP contribution in [0.15, 0.2) is 164 Å². The second kappa shape index (κ2) is 12.6. The fourth-order valence-corrected chi connectivity index (χ4v) is 7.06. The van der Waals surface area contributed by atoms with Gasteiger partial charge in [-0.25, -0.2) is 15.0 Å². The lowest BCUT2D eigenvalue weighted by Crippen LogP contribution is -2.01. The summed E-state index contributed by atoms with van der Waals surface area (Å²) in [5.74, 6) is 1.89. The van der Waals surface area contributed by atoms with Gasteiger partial charge >= 0.3 is 0 Å². The second-order valence-corrected chi connectivity index (χ2v) is 12.8. The highest BCUT2D eigenvalue weighted by Crippen LogP contribution is 2.38. The van der Waals surface area contributed by atoms with E-state index in [2.05, 4.69) is 115 Å². The Balaban J connectivity index is 1.24. The highest BCUT2D eigenvalue weighted by molar-refractivity contribution is 6.09. The van der Waals surface area contributed by atoms with Crippen LogP contribution < -0.4 is 0 Å². The van der Waals surface area contributed by atoms with Gasteiger partial charge in [-0.2, -0.15) is 0 Å². The normalized spacial score (nSPS) is 11.3. The molecule has 0 N–H and O–H groups in total. The van der Waals surface area contributed by atoms with Gasteiger partial charge in [0.25, 0.3) is 0 Å². The average Bonchev–Trinajstić information content (AvgIpc) is 3.53. The van der Waals surface area contributed by atoms with Crippen LogP contribution in [-0.2, 0) is 0 Å². The molecule has 6 aromatic carbocycles. The largest absolute Gasteiger partial charge is 0.309 e. The van der Waals surface area contributed by atoms with Gasteiger partial charge < -0.3 is 4.57 Å². The van der Waals surface area contributed by atoms with Gasteiger partial charge in [-0.05, 0) is 73.0 Å². The fraction of sp³-hybridized carbons (Fsp3) is 0.0435. The zero-order valence-electron chi connectivity index (χ0n) is 28.3. The van der Waals surface area contributed by atoms with E-state index >= 15 is 0 Å². The van der Waals surface area contributed by atoms with Gasteiger partial charge in [0.05, 0.1) is 11.0 Å². The van der Waals surface area contributed by atoms with E-state index in [1.54, 1.807) is 0 Å². The number of hydrogen-bond acceptors (Lipinski definition) is 4. The number of hydrogen-bond donors (Lipinski definition) is 0. The highest BCUT2D eigenvalue weighted by atomic mass is 15.0. The van der Waals surface area contributed by atoms with Crippen molar-refractivity contribution in [1.29, 1.82) is 0 Å². The van der Waals surface area contributed by atoms with E-state index in [-0.39, 0.29) is 0 Å². The molecule has 5 heteroatoms. The summed E-state index contributed by atoms with van der Waals surface area (Å²) in [6, 6.07) is 57.0. The first-order valence-corrected chi connectivity index (χ1v) is 17.2. The summed E-state index contributed by atoms with van der Waals surface area (Å²) >= 11 is 0. The summed E-state index contributed by atoms with van der Waals surface area (Å²) in [6.45, 7) is 4.10. The monoisotopic (exact) mass is 655 g/mol. The molecule has 9 aromatic rings. The van der Waals surface area contributed by atoms with E-state index < -0.39 is 0 Å². The predicted molar refractivity (Wildman–Crippen MR) is 209 cm³/mol. The summed E-state index contributed by atoms with van der Waals surface area (Å²) < 4.78 is 2.34. The Bertz CT molecular complexity index is 2580. The highest BCUT2D eigenvalue weighted by Gasteiger charge is 2.18. The van der Waals surface area contributed by atoms with E-state index in [1.165, 1.54) is 21.8 Å². The molecule has 0 unspecified atom stereocenters. The van der Waals surface area contributed by atoms with Crippen LogP contribution in [0.5, 0.6) is 0 Å².